The van der Waals surface area contributed by atoms with Crippen molar-refractivity contribution in [3.05, 3.63) is 84.2 Å². The number of ether oxygens (including phenoxy) is 2. The highest BCUT2D eigenvalue weighted by molar-refractivity contribution is 5.77. The maximum atomic E-state index is 6.14. The quantitative estimate of drug-likeness (QED) is 0.407. The molecule has 0 aliphatic rings. The Bertz CT molecular complexity index is 1120. The molecule has 0 saturated heterocycles. The number of aromatic nitrogens is 2. The van der Waals surface area contributed by atoms with Crippen molar-refractivity contribution >= 4 is 11.0 Å². The van der Waals surface area contributed by atoms with Crippen molar-refractivity contribution in [2.45, 2.75) is 32.8 Å². The van der Waals surface area contributed by atoms with Crippen LogP contribution in [0.5, 0.6) is 17.2 Å². The number of rotatable bonds is 5. The summed E-state index contributed by atoms with van der Waals surface area (Å²) in [5.41, 5.74) is 3.27. The SMILES string of the molecule is Cn1c(COc2ccccc2)nc2ccc(Oc3cccc(C(C)(C)C)c3)cc21. The molecule has 0 aliphatic heterocycles. The van der Waals surface area contributed by atoms with Crippen LogP contribution in [0.3, 0.4) is 0 Å². The molecule has 0 spiro atoms. The zero-order chi connectivity index (χ0) is 20.4. The zero-order valence-corrected chi connectivity index (χ0v) is 17.3. The first-order chi connectivity index (χ1) is 13.9. The average molecular weight is 386 g/mol. The van der Waals surface area contributed by atoms with Crippen molar-refractivity contribution in [1.82, 2.24) is 9.55 Å². The average Bonchev–Trinajstić information content (AvgIpc) is 3.02. The number of benzene rings is 3. The number of fused-ring (bicyclic) bond motifs is 1. The van der Waals surface area contributed by atoms with Crippen molar-refractivity contribution in [3.8, 4) is 17.2 Å². The molecule has 0 saturated carbocycles. The molecule has 0 amide bonds. The molecule has 0 bridgehead atoms. The number of imidazole rings is 1. The van der Waals surface area contributed by atoms with E-state index < -0.39 is 0 Å². The van der Waals surface area contributed by atoms with Crippen LogP contribution in [0.4, 0.5) is 0 Å². The second kappa shape index (κ2) is 7.63. The number of nitrogens with zero attached hydrogens (tertiary/aromatic N) is 2. The summed E-state index contributed by atoms with van der Waals surface area (Å²) in [6.45, 7) is 7.02. The van der Waals surface area contributed by atoms with Crippen LogP contribution in [0.15, 0.2) is 72.8 Å². The lowest BCUT2D eigenvalue weighted by Crippen LogP contribution is -2.10. The molecule has 4 rings (SSSR count). The Morgan fingerprint density at radius 1 is 0.828 bits per heavy atom. The second-order valence-corrected chi connectivity index (χ2v) is 8.22. The highest BCUT2D eigenvalue weighted by atomic mass is 16.5. The molecule has 0 radical (unpaired) electrons. The fourth-order valence-electron chi connectivity index (χ4n) is 3.24. The van der Waals surface area contributed by atoms with Crippen LogP contribution in [0.1, 0.15) is 32.2 Å². The van der Waals surface area contributed by atoms with Gasteiger partial charge in [0.15, 0.2) is 0 Å². The molecule has 4 nitrogen and oxygen atoms in total. The lowest BCUT2D eigenvalue weighted by Gasteiger charge is -2.19. The normalized spacial score (nSPS) is 11.6. The van der Waals surface area contributed by atoms with Crippen LogP contribution < -0.4 is 9.47 Å². The molecule has 0 aliphatic carbocycles. The van der Waals surface area contributed by atoms with Crippen LogP contribution in [-0.4, -0.2) is 9.55 Å². The summed E-state index contributed by atoms with van der Waals surface area (Å²) in [6, 6.07) is 24.0. The Labute approximate surface area is 171 Å². The molecule has 0 atom stereocenters. The number of hydrogen-bond donors (Lipinski definition) is 0. The molecule has 148 valence electrons. The summed E-state index contributed by atoms with van der Waals surface area (Å²) in [5.74, 6) is 3.34. The minimum atomic E-state index is 0.0824. The van der Waals surface area contributed by atoms with E-state index in [-0.39, 0.29) is 5.41 Å². The van der Waals surface area contributed by atoms with E-state index >= 15 is 0 Å². The van der Waals surface area contributed by atoms with E-state index in [0.29, 0.717) is 6.61 Å². The van der Waals surface area contributed by atoms with Crippen molar-refractivity contribution in [2.24, 2.45) is 7.05 Å². The summed E-state index contributed by atoms with van der Waals surface area (Å²) in [7, 11) is 2.00. The third-order valence-electron chi connectivity index (χ3n) is 4.99. The first-order valence-electron chi connectivity index (χ1n) is 9.82. The van der Waals surface area contributed by atoms with Gasteiger partial charge in [0.25, 0.3) is 0 Å². The molecule has 0 N–H and O–H groups in total. The predicted molar refractivity (Wildman–Crippen MR) is 117 cm³/mol. The molecule has 0 unspecified atom stereocenters. The fourth-order valence-corrected chi connectivity index (χ4v) is 3.24. The van der Waals surface area contributed by atoms with Gasteiger partial charge in [0.2, 0.25) is 0 Å². The van der Waals surface area contributed by atoms with Crippen molar-refractivity contribution in [2.75, 3.05) is 0 Å². The van der Waals surface area contributed by atoms with Gasteiger partial charge in [0.05, 0.1) is 11.0 Å². The Hall–Kier alpha value is -3.27. The molecular weight excluding hydrogens is 360 g/mol. The third kappa shape index (κ3) is 4.27. The topological polar surface area (TPSA) is 36.3 Å². The van der Waals surface area contributed by atoms with Gasteiger partial charge in [-0.1, -0.05) is 51.1 Å². The van der Waals surface area contributed by atoms with Crippen molar-refractivity contribution in [1.29, 1.82) is 0 Å². The highest BCUT2D eigenvalue weighted by Crippen LogP contribution is 2.30. The van der Waals surface area contributed by atoms with Gasteiger partial charge in [-0.2, -0.15) is 0 Å². The van der Waals surface area contributed by atoms with Crippen molar-refractivity contribution in [3.63, 3.8) is 0 Å². The van der Waals surface area contributed by atoms with E-state index in [4.69, 9.17) is 14.5 Å². The maximum Gasteiger partial charge on any atom is 0.147 e. The van der Waals surface area contributed by atoms with E-state index in [1.54, 1.807) is 0 Å². The lowest BCUT2D eigenvalue weighted by atomic mass is 9.87. The molecule has 4 aromatic rings. The monoisotopic (exact) mass is 386 g/mol. The second-order valence-electron chi connectivity index (χ2n) is 8.22. The minimum absolute atomic E-state index is 0.0824. The maximum absolute atomic E-state index is 6.14. The van der Waals surface area contributed by atoms with Gasteiger partial charge in [0, 0.05) is 13.1 Å². The van der Waals surface area contributed by atoms with E-state index in [9.17, 15) is 0 Å². The first kappa shape index (κ1) is 19.1. The highest BCUT2D eigenvalue weighted by Gasteiger charge is 2.15. The van der Waals surface area contributed by atoms with Crippen LogP contribution in [-0.2, 0) is 19.1 Å². The van der Waals surface area contributed by atoms with Crippen LogP contribution >= 0.6 is 0 Å². The minimum Gasteiger partial charge on any atom is -0.486 e. The van der Waals surface area contributed by atoms with Crippen LogP contribution in [0.2, 0.25) is 0 Å². The summed E-state index contributed by atoms with van der Waals surface area (Å²) in [5, 5.41) is 0. The van der Waals surface area contributed by atoms with Gasteiger partial charge in [0.1, 0.15) is 29.7 Å². The van der Waals surface area contributed by atoms with E-state index in [1.165, 1.54) is 5.56 Å². The van der Waals surface area contributed by atoms with Gasteiger partial charge >= 0.3 is 0 Å². The summed E-state index contributed by atoms with van der Waals surface area (Å²) in [4.78, 5) is 4.70. The molecule has 0 fully saturated rings. The van der Waals surface area contributed by atoms with Crippen molar-refractivity contribution < 1.29 is 9.47 Å². The molecule has 4 heteroatoms. The van der Waals surface area contributed by atoms with Crippen LogP contribution in [0.25, 0.3) is 11.0 Å². The standard InChI is InChI=1S/C25H26N2O2/c1-25(2,3)18-9-8-12-20(15-18)29-21-13-14-22-23(16-21)27(4)24(26-22)17-28-19-10-6-5-7-11-19/h5-16H,17H2,1-4H3. The molecular formula is C25H26N2O2. The summed E-state index contributed by atoms with van der Waals surface area (Å²) >= 11 is 0. The van der Waals surface area contributed by atoms with Crippen LogP contribution in [0, 0.1) is 0 Å². The summed E-state index contributed by atoms with van der Waals surface area (Å²) < 4.78 is 14.1. The Morgan fingerprint density at radius 2 is 1.55 bits per heavy atom. The molecule has 1 aromatic heterocycles. The smallest absolute Gasteiger partial charge is 0.147 e. The van der Waals surface area contributed by atoms with Gasteiger partial charge in [-0.15, -0.1) is 0 Å². The molecule has 1 heterocycles. The lowest BCUT2D eigenvalue weighted by molar-refractivity contribution is 0.292. The van der Waals surface area contributed by atoms with E-state index in [2.05, 4.69) is 37.5 Å². The van der Waals surface area contributed by atoms with E-state index in [0.717, 1.165) is 34.1 Å². The predicted octanol–water partition coefficient (Wildman–Crippen LogP) is 6.24. The largest absolute Gasteiger partial charge is 0.486 e. The Morgan fingerprint density at radius 3 is 2.31 bits per heavy atom. The van der Waals surface area contributed by atoms with Gasteiger partial charge < -0.3 is 14.0 Å². The van der Waals surface area contributed by atoms with E-state index in [1.807, 2.05) is 67.7 Å². The fraction of sp³-hybridized carbons (Fsp3) is 0.240. The third-order valence-corrected chi connectivity index (χ3v) is 4.99. The number of aryl methyl sites for hydroxylation is 1. The van der Waals surface area contributed by atoms with Gasteiger partial charge in [-0.25, -0.2) is 4.98 Å². The Balaban J connectivity index is 1.56. The first-order valence-corrected chi connectivity index (χ1v) is 9.82. The summed E-state index contributed by atoms with van der Waals surface area (Å²) in [6.07, 6.45) is 0. The van der Waals surface area contributed by atoms with Gasteiger partial charge in [-0.05, 0) is 47.4 Å². The zero-order valence-electron chi connectivity index (χ0n) is 17.3. The Kier molecular flexibility index (Phi) is 5.01. The van der Waals surface area contributed by atoms with Gasteiger partial charge in [-0.3, -0.25) is 0 Å². The number of para-hydroxylation sites is 1. The molecule has 29 heavy (non-hydrogen) atoms. The molecule has 3 aromatic carbocycles. The number of hydrogen-bond acceptors (Lipinski definition) is 3.